The van der Waals surface area contributed by atoms with Gasteiger partial charge < -0.3 is 4.74 Å². The Morgan fingerprint density at radius 2 is 1.64 bits per heavy atom. The molecular weight excluding hydrogens is 148 g/mol. The van der Waals surface area contributed by atoms with Crippen LogP contribution >= 0.6 is 0 Å². The lowest BCUT2D eigenvalue weighted by Crippen LogP contribution is -2.21. The fourth-order valence-corrected chi connectivity index (χ4v) is 0.281. The van der Waals surface area contributed by atoms with Crippen LogP contribution in [-0.4, -0.2) is 17.7 Å². The van der Waals surface area contributed by atoms with E-state index in [2.05, 4.69) is 4.74 Å². The number of rotatable bonds is 2. The molecule has 4 heteroatoms. The highest BCUT2D eigenvalue weighted by atomic mass is 16.6. The molecule has 0 spiro atoms. The molecule has 0 fully saturated rings. The number of carbonyl (C=O) groups is 3. The van der Waals surface area contributed by atoms with Gasteiger partial charge in [0.25, 0.3) is 0 Å². The molecule has 0 atom stereocenters. The Bertz CT molecular complexity index is 193. The normalized spacial score (nSPS) is 9.45. The van der Waals surface area contributed by atoms with E-state index in [0.717, 1.165) is 6.92 Å². The summed E-state index contributed by atoms with van der Waals surface area (Å²) in [4.78, 5) is 31.4. The lowest BCUT2D eigenvalue weighted by atomic mass is 10.2. The molecule has 0 amide bonds. The lowest BCUT2D eigenvalue weighted by molar-refractivity contribution is -0.165. The van der Waals surface area contributed by atoms with Gasteiger partial charge in [-0.05, 0) is 0 Å². The molecule has 62 valence electrons. The van der Waals surface area contributed by atoms with Crippen LogP contribution in [0.4, 0.5) is 0 Å². The van der Waals surface area contributed by atoms with Gasteiger partial charge in [-0.3, -0.25) is 9.59 Å². The van der Waals surface area contributed by atoms with Gasteiger partial charge in [0.2, 0.25) is 5.78 Å². The predicted octanol–water partition coefficient (Wildman–Crippen LogP) is 0.301. The molecule has 0 aliphatic carbocycles. The standard InChI is InChI=1S/C7H10O4/c1-4(2)6(9)11-7(10)5(3)8/h4H,1-3H3. The zero-order valence-electron chi connectivity index (χ0n) is 6.71. The van der Waals surface area contributed by atoms with Crippen LogP contribution in [0.1, 0.15) is 20.8 Å². The Kier molecular flexibility index (Phi) is 3.44. The van der Waals surface area contributed by atoms with Crippen LogP contribution in [0.5, 0.6) is 0 Å². The average Bonchev–Trinajstić information content (AvgIpc) is 1.87. The Morgan fingerprint density at radius 1 is 1.18 bits per heavy atom. The number of hydrogen-bond donors (Lipinski definition) is 0. The monoisotopic (exact) mass is 158 g/mol. The van der Waals surface area contributed by atoms with Crippen molar-refractivity contribution in [3.8, 4) is 0 Å². The second-order valence-electron chi connectivity index (χ2n) is 2.42. The van der Waals surface area contributed by atoms with Crippen LogP contribution in [0, 0.1) is 5.92 Å². The summed E-state index contributed by atoms with van der Waals surface area (Å²) in [5.74, 6) is -2.92. The molecule has 0 bridgehead atoms. The first-order valence-corrected chi connectivity index (χ1v) is 3.21. The first kappa shape index (κ1) is 9.81. The summed E-state index contributed by atoms with van der Waals surface area (Å²) in [6.07, 6.45) is 0. The highest BCUT2D eigenvalue weighted by molar-refractivity contribution is 6.34. The third kappa shape index (κ3) is 3.50. The van der Waals surface area contributed by atoms with Crippen LogP contribution < -0.4 is 0 Å². The summed E-state index contributed by atoms with van der Waals surface area (Å²) < 4.78 is 4.15. The van der Waals surface area contributed by atoms with Crippen molar-refractivity contribution >= 4 is 17.7 Å². The molecule has 0 saturated heterocycles. The van der Waals surface area contributed by atoms with E-state index in [1.54, 1.807) is 13.8 Å². The molecule has 0 unspecified atom stereocenters. The molecule has 0 saturated carbocycles. The maximum absolute atomic E-state index is 10.7. The molecule has 0 aromatic heterocycles. The molecule has 0 aliphatic rings. The van der Waals surface area contributed by atoms with Gasteiger partial charge >= 0.3 is 11.9 Å². The molecule has 0 N–H and O–H groups in total. The van der Waals surface area contributed by atoms with Crippen molar-refractivity contribution < 1.29 is 19.1 Å². The number of carbonyl (C=O) groups excluding carboxylic acids is 3. The minimum Gasteiger partial charge on any atom is -0.387 e. The molecule has 0 heterocycles. The van der Waals surface area contributed by atoms with Crippen molar-refractivity contribution in [2.45, 2.75) is 20.8 Å². The maximum Gasteiger partial charge on any atom is 0.381 e. The number of hydrogen-bond acceptors (Lipinski definition) is 4. The fraction of sp³-hybridized carbons (Fsp3) is 0.571. The highest BCUT2D eigenvalue weighted by Crippen LogP contribution is 1.96. The van der Waals surface area contributed by atoms with Gasteiger partial charge in [-0.15, -0.1) is 0 Å². The molecular formula is C7H10O4. The van der Waals surface area contributed by atoms with E-state index in [1.807, 2.05) is 0 Å². The first-order chi connectivity index (χ1) is 4.95. The van der Waals surface area contributed by atoms with E-state index in [4.69, 9.17) is 0 Å². The Labute approximate surface area is 64.5 Å². The Morgan fingerprint density at radius 3 is 1.91 bits per heavy atom. The second-order valence-corrected chi connectivity index (χ2v) is 2.42. The summed E-state index contributed by atoms with van der Waals surface area (Å²) in [5, 5.41) is 0. The van der Waals surface area contributed by atoms with Crippen molar-refractivity contribution in [1.29, 1.82) is 0 Å². The van der Waals surface area contributed by atoms with E-state index < -0.39 is 23.6 Å². The van der Waals surface area contributed by atoms with Crippen LogP contribution in [0.25, 0.3) is 0 Å². The van der Waals surface area contributed by atoms with Crippen molar-refractivity contribution in [2.75, 3.05) is 0 Å². The second kappa shape index (κ2) is 3.85. The summed E-state index contributed by atoms with van der Waals surface area (Å²) in [6, 6.07) is 0. The molecule has 0 aromatic carbocycles. The molecule has 0 aliphatic heterocycles. The third-order valence-corrected chi connectivity index (χ3v) is 0.952. The van der Waals surface area contributed by atoms with Crippen molar-refractivity contribution in [2.24, 2.45) is 5.92 Å². The van der Waals surface area contributed by atoms with Gasteiger partial charge in [0.1, 0.15) is 0 Å². The van der Waals surface area contributed by atoms with Gasteiger partial charge in [0.15, 0.2) is 0 Å². The molecule has 0 aromatic rings. The number of ether oxygens (including phenoxy) is 1. The average molecular weight is 158 g/mol. The lowest BCUT2D eigenvalue weighted by Gasteiger charge is -2.01. The highest BCUT2D eigenvalue weighted by Gasteiger charge is 2.16. The summed E-state index contributed by atoms with van der Waals surface area (Å²) >= 11 is 0. The van der Waals surface area contributed by atoms with Crippen molar-refractivity contribution in [3.63, 3.8) is 0 Å². The van der Waals surface area contributed by atoms with E-state index in [-0.39, 0.29) is 0 Å². The van der Waals surface area contributed by atoms with E-state index in [1.165, 1.54) is 0 Å². The quantitative estimate of drug-likeness (QED) is 0.329. The first-order valence-electron chi connectivity index (χ1n) is 3.21. The zero-order chi connectivity index (χ0) is 9.02. The topological polar surface area (TPSA) is 60.4 Å². The molecule has 0 rings (SSSR count). The predicted molar refractivity (Wildman–Crippen MR) is 36.6 cm³/mol. The number of ketones is 1. The Hall–Kier alpha value is -1.19. The summed E-state index contributed by atoms with van der Waals surface area (Å²) in [6.45, 7) is 4.21. The maximum atomic E-state index is 10.7. The van der Waals surface area contributed by atoms with E-state index in [0.29, 0.717) is 0 Å². The van der Waals surface area contributed by atoms with Crippen LogP contribution in [0.2, 0.25) is 0 Å². The van der Waals surface area contributed by atoms with Gasteiger partial charge in [-0.25, -0.2) is 4.79 Å². The smallest absolute Gasteiger partial charge is 0.381 e. The largest absolute Gasteiger partial charge is 0.387 e. The molecule has 11 heavy (non-hydrogen) atoms. The summed E-state index contributed by atoms with van der Waals surface area (Å²) in [5.41, 5.74) is 0. The van der Waals surface area contributed by atoms with E-state index in [9.17, 15) is 14.4 Å². The van der Waals surface area contributed by atoms with Crippen LogP contribution in [-0.2, 0) is 19.1 Å². The fourth-order valence-electron chi connectivity index (χ4n) is 0.281. The van der Waals surface area contributed by atoms with Crippen molar-refractivity contribution in [3.05, 3.63) is 0 Å². The van der Waals surface area contributed by atoms with E-state index >= 15 is 0 Å². The Balaban J connectivity index is 3.96. The number of esters is 2. The molecule has 4 nitrogen and oxygen atoms in total. The SMILES string of the molecule is CC(=O)C(=O)OC(=O)C(C)C. The minimum atomic E-state index is -1.09. The van der Waals surface area contributed by atoms with Gasteiger partial charge in [-0.2, -0.15) is 0 Å². The molecule has 0 radical (unpaired) electrons. The zero-order valence-corrected chi connectivity index (χ0v) is 6.71. The minimum absolute atomic E-state index is 0.390. The van der Waals surface area contributed by atoms with Gasteiger partial charge in [0.05, 0.1) is 5.92 Å². The summed E-state index contributed by atoms with van der Waals surface area (Å²) in [7, 11) is 0. The van der Waals surface area contributed by atoms with Gasteiger partial charge in [0, 0.05) is 6.92 Å². The number of Topliss-reactive ketones (excluding diaryl/α,β-unsaturated/α-hetero) is 1. The van der Waals surface area contributed by atoms with Crippen LogP contribution in [0.15, 0.2) is 0 Å². The van der Waals surface area contributed by atoms with Gasteiger partial charge in [-0.1, -0.05) is 13.8 Å². The van der Waals surface area contributed by atoms with Crippen LogP contribution in [0.3, 0.4) is 0 Å². The third-order valence-electron chi connectivity index (χ3n) is 0.952. The van der Waals surface area contributed by atoms with Crippen molar-refractivity contribution in [1.82, 2.24) is 0 Å².